The second kappa shape index (κ2) is 4.86. The third kappa shape index (κ3) is 2.29. The molecule has 0 radical (unpaired) electrons. The fraction of sp³-hybridized carbons (Fsp3) is 0.538. The van der Waals surface area contributed by atoms with Crippen LogP contribution in [0.25, 0.3) is 0 Å². The number of halogens is 1. The lowest BCUT2D eigenvalue weighted by Crippen LogP contribution is -2.27. The van der Waals surface area contributed by atoms with Crippen molar-refractivity contribution >= 4 is 15.9 Å². The van der Waals surface area contributed by atoms with Gasteiger partial charge < -0.3 is 14.8 Å². The Morgan fingerprint density at radius 2 is 1.88 bits per heavy atom. The Hall–Kier alpha value is -0.740. The van der Waals surface area contributed by atoms with Crippen LogP contribution >= 0.6 is 15.9 Å². The summed E-state index contributed by atoms with van der Waals surface area (Å²) in [5.74, 6) is 1.73. The Balaban J connectivity index is 1.93. The second-order valence-corrected chi connectivity index (χ2v) is 5.37. The number of rotatable bonds is 1. The maximum absolute atomic E-state index is 5.64. The van der Waals surface area contributed by atoms with E-state index in [1.54, 1.807) is 0 Å². The fourth-order valence-corrected chi connectivity index (χ4v) is 3.06. The summed E-state index contributed by atoms with van der Waals surface area (Å²) in [7, 11) is 0. The van der Waals surface area contributed by atoms with Crippen molar-refractivity contribution in [1.82, 2.24) is 5.32 Å². The van der Waals surface area contributed by atoms with E-state index in [1.807, 2.05) is 6.07 Å². The predicted molar refractivity (Wildman–Crippen MR) is 69.7 cm³/mol. The molecule has 1 aromatic rings. The average molecular weight is 298 g/mol. The highest BCUT2D eigenvalue weighted by molar-refractivity contribution is 9.10. The number of hydrogen-bond acceptors (Lipinski definition) is 3. The van der Waals surface area contributed by atoms with E-state index >= 15 is 0 Å². The van der Waals surface area contributed by atoms with Crippen LogP contribution in [0.3, 0.4) is 0 Å². The van der Waals surface area contributed by atoms with E-state index in [9.17, 15) is 0 Å². The van der Waals surface area contributed by atoms with Crippen molar-refractivity contribution in [2.75, 3.05) is 19.8 Å². The Morgan fingerprint density at radius 3 is 2.59 bits per heavy atom. The molecule has 17 heavy (non-hydrogen) atoms. The highest BCUT2D eigenvalue weighted by atomic mass is 79.9. The molecule has 0 amide bonds. The predicted octanol–water partition coefficient (Wildman–Crippen LogP) is 3.03. The molecule has 2 aliphatic heterocycles. The molecule has 3 nitrogen and oxygen atoms in total. The zero-order valence-corrected chi connectivity index (χ0v) is 11.3. The molecule has 0 bridgehead atoms. The van der Waals surface area contributed by atoms with Gasteiger partial charge in [0.1, 0.15) is 13.2 Å². The Kier molecular flexibility index (Phi) is 3.25. The first-order valence-corrected chi connectivity index (χ1v) is 6.96. The van der Waals surface area contributed by atoms with Gasteiger partial charge in [0.15, 0.2) is 11.5 Å². The summed E-state index contributed by atoms with van der Waals surface area (Å²) in [6.45, 7) is 2.39. The molecule has 1 aromatic carbocycles. The molecule has 4 heteroatoms. The molecule has 0 saturated carbocycles. The third-order valence-electron chi connectivity index (χ3n) is 3.35. The van der Waals surface area contributed by atoms with Crippen LogP contribution in [-0.2, 0) is 0 Å². The van der Waals surface area contributed by atoms with Crippen molar-refractivity contribution in [3.63, 3.8) is 0 Å². The molecule has 1 fully saturated rings. The van der Waals surface area contributed by atoms with Crippen molar-refractivity contribution in [2.24, 2.45) is 0 Å². The summed E-state index contributed by atoms with van der Waals surface area (Å²) in [5.41, 5.74) is 1.29. The lowest BCUT2D eigenvalue weighted by atomic mass is 9.97. The minimum Gasteiger partial charge on any atom is -0.486 e. The topological polar surface area (TPSA) is 30.5 Å². The normalized spacial score (nSPS) is 23.5. The summed E-state index contributed by atoms with van der Waals surface area (Å²) in [6, 6.07) is 4.58. The number of nitrogens with one attached hydrogen (secondary N) is 1. The van der Waals surface area contributed by atoms with E-state index in [2.05, 4.69) is 27.3 Å². The fourth-order valence-electron chi connectivity index (χ4n) is 2.46. The van der Waals surface area contributed by atoms with Crippen LogP contribution in [0.2, 0.25) is 0 Å². The van der Waals surface area contributed by atoms with Gasteiger partial charge in [0.05, 0.1) is 0 Å². The molecular weight excluding hydrogens is 282 g/mol. The standard InChI is InChI=1S/C13H16BrNO2/c14-10-8-13-12(16-5-6-17-13)7-9(10)11-3-1-2-4-15-11/h7-8,11,15H,1-6H2. The van der Waals surface area contributed by atoms with Crippen molar-refractivity contribution in [3.05, 3.63) is 22.2 Å². The van der Waals surface area contributed by atoms with Crippen molar-refractivity contribution in [2.45, 2.75) is 25.3 Å². The zero-order valence-electron chi connectivity index (χ0n) is 9.67. The molecule has 2 aliphatic rings. The van der Waals surface area contributed by atoms with Crippen LogP contribution in [0.5, 0.6) is 11.5 Å². The number of ether oxygens (including phenoxy) is 2. The van der Waals surface area contributed by atoms with Gasteiger partial charge in [0.2, 0.25) is 0 Å². The highest BCUT2D eigenvalue weighted by Gasteiger charge is 2.21. The lowest BCUT2D eigenvalue weighted by Gasteiger charge is -2.27. The summed E-state index contributed by atoms with van der Waals surface area (Å²) < 4.78 is 12.3. The van der Waals surface area contributed by atoms with E-state index in [4.69, 9.17) is 9.47 Å². The van der Waals surface area contributed by atoms with E-state index < -0.39 is 0 Å². The molecule has 1 atom stereocenters. The van der Waals surface area contributed by atoms with Gasteiger partial charge in [0.25, 0.3) is 0 Å². The molecular formula is C13H16BrNO2. The van der Waals surface area contributed by atoms with Crippen LogP contribution in [-0.4, -0.2) is 19.8 Å². The number of piperidine rings is 1. The van der Waals surface area contributed by atoms with Crippen LogP contribution in [0, 0.1) is 0 Å². The molecule has 1 N–H and O–H groups in total. The van der Waals surface area contributed by atoms with E-state index in [1.165, 1.54) is 24.8 Å². The van der Waals surface area contributed by atoms with Gasteiger partial charge >= 0.3 is 0 Å². The Morgan fingerprint density at radius 1 is 1.12 bits per heavy atom. The van der Waals surface area contributed by atoms with Crippen LogP contribution in [0.15, 0.2) is 16.6 Å². The molecule has 1 saturated heterocycles. The third-order valence-corrected chi connectivity index (χ3v) is 4.03. The minimum atomic E-state index is 0.439. The molecule has 3 rings (SSSR count). The van der Waals surface area contributed by atoms with Crippen molar-refractivity contribution in [1.29, 1.82) is 0 Å². The minimum absolute atomic E-state index is 0.439. The lowest BCUT2D eigenvalue weighted by molar-refractivity contribution is 0.171. The highest BCUT2D eigenvalue weighted by Crippen LogP contribution is 2.39. The molecule has 2 heterocycles. The van der Waals surface area contributed by atoms with Crippen LogP contribution in [0.4, 0.5) is 0 Å². The van der Waals surface area contributed by atoms with Gasteiger partial charge in [-0.25, -0.2) is 0 Å². The molecule has 0 spiro atoms. The number of fused-ring (bicyclic) bond motifs is 1. The maximum Gasteiger partial charge on any atom is 0.162 e. The zero-order chi connectivity index (χ0) is 11.7. The largest absolute Gasteiger partial charge is 0.486 e. The summed E-state index contributed by atoms with van der Waals surface area (Å²) in [4.78, 5) is 0. The molecule has 0 aromatic heterocycles. The first-order chi connectivity index (χ1) is 8.34. The van der Waals surface area contributed by atoms with E-state index in [-0.39, 0.29) is 0 Å². The first kappa shape index (κ1) is 11.4. The van der Waals surface area contributed by atoms with Crippen molar-refractivity contribution < 1.29 is 9.47 Å². The van der Waals surface area contributed by atoms with Gasteiger partial charge in [-0.15, -0.1) is 0 Å². The smallest absolute Gasteiger partial charge is 0.162 e. The van der Waals surface area contributed by atoms with Gasteiger partial charge in [-0.3, -0.25) is 0 Å². The van der Waals surface area contributed by atoms with Gasteiger partial charge in [-0.1, -0.05) is 22.4 Å². The summed E-state index contributed by atoms with van der Waals surface area (Å²) in [5, 5.41) is 3.56. The molecule has 0 aliphatic carbocycles. The van der Waals surface area contributed by atoms with E-state index in [0.717, 1.165) is 22.5 Å². The monoisotopic (exact) mass is 297 g/mol. The van der Waals surface area contributed by atoms with Gasteiger partial charge in [0, 0.05) is 10.5 Å². The van der Waals surface area contributed by atoms with Gasteiger partial charge in [-0.2, -0.15) is 0 Å². The van der Waals surface area contributed by atoms with E-state index in [0.29, 0.717) is 19.3 Å². The average Bonchev–Trinajstić information content (AvgIpc) is 2.39. The molecule has 1 unspecified atom stereocenters. The SMILES string of the molecule is Brc1cc2c(cc1C1CCCCN1)OCCO2. The Bertz CT molecular complexity index is 416. The second-order valence-electron chi connectivity index (χ2n) is 4.52. The Labute approximate surface area is 110 Å². The van der Waals surface area contributed by atoms with Crippen molar-refractivity contribution in [3.8, 4) is 11.5 Å². The first-order valence-electron chi connectivity index (χ1n) is 6.17. The van der Waals surface area contributed by atoms with Crippen LogP contribution in [0.1, 0.15) is 30.9 Å². The summed E-state index contributed by atoms with van der Waals surface area (Å²) in [6.07, 6.45) is 3.76. The van der Waals surface area contributed by atoms with Gasteiger partial charge in [-0.05, 0) is 37.1 Å². The molecule has 92 valence electrons. The quantitative estimate of drug-likeness (QED) is 0.864. The summed E-state index contributed by atoms with van der Waals surface area (Å²) >= 11 is 3.64. The number of benzene rings is 1. The number of hydrogen-bond donors (Lipinski definition) is 1. The van der Waals surface area contributed by atoms with Crippen LogP contribution < -0.4 is 14.8 Å². The maximum atomic E-state index is 5.64.